The van der Waals surface area contributed by atoms with Crippen molar-refractivity contribution in [3.63, 3.8) is 0 Å². The van der Waals surface area contributed by atoms with Crippen LogP contribution in [0.5, 0.6) is 0 Å². The molecule has 2 aromatic rings. The first kappa shape index (κ1) is 22.9. The van der Waals surface area contributed by atoms with Crippen LogP contribution in [0.3, 0.4) is 0 Å². The minimum Gasteiger partial charge on any atom is -0.356 e. The number of urea groups is 1. The van der Waals surface area contributed by atoms with Crippen LogP contribution >= 0.6 is 0 Å². The Bertz CT molecular complexity index is 1070. The second-order valence-corrected chi connectivity index (χ2v) is 9.90. The van der Waals surface area contributed by atoms with Crippen molar-refractivity contribution < 1.29 is 18.0 Å². The number of carbonyl (C=O) groups excluding carboxylic acids is 1. The molecule has 3 aliphatic rings. The molecule has 2 unspecified atom stereocenters. The Labute approximate surface area is 197 Å². The highest BCUT2D eigenvalue weighted by molar-refractivity contribution is 6.02. The van der Waals surface area contributed by atoms with E-state index in [1.54, 1.807) is 9.80 Å². The molecule has 1 saturated carbocycles. The Morgan fingerprint density at radius 1 is 1.09 bits per heavy atom. The molecule has 2 aliphatic heterocycles. The quantitative estimate of drug-likeness (QED) is 0.586. The fraction of sp³-hybridized carbons (Fsp3) is 0.560. The summed E-state index contributed by atoms with van der Waals surface area (Å²) in [6, 6.07) is 7.29. The Balaban J connectivity index is 1.47. The molecule has 0 radical (unpaired) electrons. The van der Waals surface area contributed by atoms with E-state index in [0.717, 1.165) is 42.5 Å². The van der Waals surface area contributed by atoms with E-state index in [1.807, 2.05) is 38.1 Å². The van der Waals surface area contributed by atoms with Gasteiger partial charge >= 0.3 is 12.2 Å². The summed E-state index contributed by atoms with van der Waals surface area (Å²) in [6.07, 6.45) is 0.231. The molecule has 3 atom stereocenters. The fourth-order valence-electron chi connectivity index (χ4n) is 5.78. The van der Waals surface area contributed by atoms with Gasteiger partial charge in [0.05, 0.1) is 5.92 Å². The monoisotopic (exact) mass is 473 g/mol. The van der Waals surface area contributed by atoms with Gasteiger partial charge in [0.1, 0.15) is 17.5 Å². The summed E-state index contributed by atoms with van der Waals surface area (Å²) in [4.78, 5) is 26.2. The van der Waals surface area contributed by atoms with Crippen molar-refractivity contribution >= 4 is 23.5 Å². The molecule has 2 amide bonds. The minimum absolute atomic E-state index is 0.0178. The fourth-order valence-corrected chi connectivity index (χ4v) is 5.78. The van der Waals surface area contributed by atoms with Crippen LogP contribution in [0.4, 0.5) is 35.4 Å². The molecule has 34 heavy (non-hydrogen) atoms. The van der Waals surface area contributed by atoms with Gasteiger partial charge in [-0.2, -0.15) is 13.2 Å². The largest absolute Gasteiger partial charge is 0.393 e. The van der Waals surface area contributed by atoms with Crippen LogP contribution in [0.15, 0.2) is 24.3 Å². The predicted molar refractivity (Wildman–Crippen MR) is 125 cm³/mol. The van der Waals surface area contributed by atoms with Crippen molar-refractivity contribution in [2.24, 2.45) is 5.92 Å². The van der Waals surface area contributed by atoms with Gasteiger partial charge in [0.2, 0.25) is 0 Å². The second-order valence-electron chi connectivity index (χ2n) is 9.90. The van der Waals surface area contributed by atoms with Gasteiger partial charge in [-0.15, -0.1) is 0 Å². The summed E-state index contributed by atoms with van der Waals surface area (Å²) in [7, 11) is 0. The number of nitrogens with zero attached hydrogens (tertiary/aromatic N) is 4. The number of aryl methyl sites for hydroxylation is 2. The minimum atomic E-state index is -4.21. The number of hydrogen-bond donors (Lipinski definition) is 1. The number of rotatable bonds is 2. The molecule has 0 spiro atoms. The van der Waals surface area contributed by atoms with Gasteiger partial charge in [0.15, 0.2) is 0 Å². The molecule has 9 heteroatoms. The van der Waals surface area contributed by atoms with E-state index in [-0.39, 0.29) is 25.0 Å². The molecular formula is C25H30F3N5O. The average Bonchev–Trinajstić information content (AvgIpc) is 2.78. The van der Waals surface area contributed by atoms with Gasteiger partial charge in [-0.05, 0) is 81.2 Å². The highest BCUT2D eigenvalue weighted by Gasteiger charge is 2.43. The molecular weight excluding hydrogens is 443 g/mol. The maximum Gasteiger partial charge on any atom is 0.393 e. The molecule has 4 heterocycles. The third-order valence-electron chi connectivity index (χ3n) is 7.33. The third kappa shape index (κ3) is 4.44. The zero-order valence-corrected chi connectivity index (χ0v) is 19.5. The number of pyridine rings is 2. The number of amides is 2. The lowest BCUT2D eigenvalue weighted by Crippen LogP contribution is -2.49. The zero-order chi connectivity index (χ0) is 24.0. The smallest absolute Gasteiger partial charge is 0.356 e. The Morgan fingerprint density at radius 3 is 2.68 bits per heavy atom. The summed E-state index contributed by atoms with van der Waals surface area (Å²) in [6.45, 7) is 4.27. The van der Waals surface area contributed by atoms with Gasteiger partial charge in [-0.25, -0.2) is 14.8 Å². The number of anilines is 3. The number of fused-ring (bicyclic) bond motifs is 4. The molecule has 2 fully saturated rings. The summed E-state index contributed by atoms with van der Waals surface area (Å²) >= 11 is 0. The number of halogens is 3. The number of piperidine rings is 1. The average molecular weight is 474 g/mol. The van der Waals surface area contributed by atoms with E-state index in [2.05, 4.69) is 10.3 Å². The number of hydrogen-bond acceptors (Lipinski definition) is 4. The zero-order valence-electron chi connectivity index (χ0n) is 19.5. The second kappa shape index (κ2) is 8.74. The molecule has 182 valence electrons. The highest BCUT2D eigenvalue weighted by atomic mass is 19.4. The van der Waals surface area contributed by atoms with Crippen molar-refractivity contribution in [1.29, 1.82) is 0 Å². The van der Waals surface area contributed by atoms with Crippen LogP contribution in [0.1, 0.15) is 61.3 Å². The van der Waals surface area contributed by atoms with Crippen LogP contribution in [0.2, 0.25) is 0 Å². The standard InChI is InChI=1S/C25H30F3N5O/c1-15-11-16(2)29-21(12-15)30-24(34)33-19-7-3-5-17(13-19)20-8-9-22(31-23(20)33)32-10-4-6-18(14-32)25(26,27)28/h8-9,11-12,17-19H,3-7,10,13-14H2,1-2H3,(H,29,30,34)/t17?,18?,19-/m0/s1. The number of alkyl halides is 3. The maximum atomic E-state index is 13.5. The molecule has 2 bridgehead atoms. The first-order valence-corrected chi connectivity index (χ1v) is 12.1. The van der Waals surface area contributed by atoms with E-state index < -0.39 is 12.1 Å². The molecule has 1 N–H and O–H groups in total. The highest BCUT2D eigenvalue weighted by Crippen LogP contribution is 2.46. The van der Waals surface area contributed by atoms with E-state index >= 15 is 0 Å². The normalized spacial score (nSPS) is 24.6. The topological polar surface area (TPSA) is 61.4 Å². The molecule has 6 nitrogen and oxygen atoms in total. The van der Waals surface area contributed by atoms with E-state index in [4.69, 9.17) is 4.98 Å². The first-order valence-electron chi connectivity index (χ1n) is 12.1. The van der Waals surface area contributed by atoms with Gasteiger partial charge < -0.3 is 4.90 Å². The summed E-state index contributed by atoms with van der Waals surface area (Å²) in [5.41, 5.74) is 2.83. The van der Waals surface area contributed by atoms with Crippen LogP contribution in [-0.2, 0) is 0 Å². The van der Waals surface area contributed by atoms with Crippen molar-refractivity contribution in [3.05, 3.63) is 41.1 Å². The molecule has 1 saturated heterocycles. The van der Waals surface area contributed by atoms with Gasteiger partial charge in [-0.3, -0.25) is 10.2 Å². The van der Waals surface area contributed by atoms with Crippen molar-refractivity contribution in [2.45, 2.75) is 70.5 Å². The third-order valence-corrected chi connectivity index (χ3v) is 7.33. The molecule has 5 rings (SSSR count). The molecule has 2 aromatic heterocycles. The van der Waals surface area contributed by atoms with Crippen molar-refractivity contribution in [2.75, 3.05) is 28.2 Å². The van der Waals surface area contributed by atoms with Crippen LogP contribution in [0, 0.1) is 19.8 Å². The van der Waals surface area contributed by atoms with E-state index in [0.29, 0.717) is 36.3 Å². The van der Waals surface area contributed by atoms with E-state index in [9.17, 15) is 18.0 Å². The number of aromatic nitrogens is 2. The lowest BCUT2D eigenvalue weighted by atomic mass is 9.77. The number of carbonyl (C=O) groups is 1. The van der Waals surface area contributed by atoms with Crippen LogP contribution < -0.4 is 15.1 Å². The lowest BCUT2D eigenvalue weighted by Gasteiger charge is -2.43. The summed E-state index contributed by atoms with van der Waals surface area (Å²) in [5, 5.41) is 2.94. The SMILES string of the molecule is Cc1cc(C)nc(NC(=O)N2c3nc(N4CCCC(C(F)(F)F)C4)ccc3C3CCC[C@H]2C3)c1. The Hall–Kier alpha value is -2.84. The number of nitrogens with one attached hydrogen (secondary N) is 1. The van der Waals surface area contributed by atoms with Crippen LogP contribution in [0.25, 0.3) is 0 Å². The summed E-state index contributed by atoms with van der Waals surface area (Å²) < 4.78 is 40.1. The van der Waals surface area contributed by atoms with Crippen LogP contribution in [-0.4, -0.2) is 41.3 Å². The maximum absolute atomic E-state index is 13.5. The van der Waals surface area contributed by atoms with E-state index in [1.165, 1.54) is 0 Å². The summed E-state index contributed by atoms with van der Waals surface area (Å²) in [5.74, 6) is 0.545. The predicted octanol–water partition coefficient (Wildman–Crippen LogP) is 5.95. The Morgan fingerprint density at radius 2 is 1.91 bits per heavy atom. The van der Waals surface area contributed by atoms with Gasteiger partial charge in [0, 0.05) is 24.8 Å². The first-order chi connectivity index (χ1) is 16.2. The Kier molecular flexibility index (Phi) is 5.90. The van der Waals surface area contributed by atoms with Gasteiger partial charge in [0.25, 0.3) is 0 Å². The van der Waals surface area contributed by atoms with Crippen molar-refractivity contribution in [3.8, 4) is 0 Å². The lowest BCUT2D eigenvalue weighted by molar-refractivity contribution is -0.176. The molecule has 0 aromatic carbocycles. The van der Waals surface area contributed by atoms with Gasteiger partial charge in [-0.1, -0.05) is 12.5 Å². The molecule has 1 aliphatic carbocycles. The van der Waals surface area contributed by atoms with Crippen molar-refractivity contribution in [1.82, 2.24) is 9.97 Å².